The molecule has 0 aliphatic heterocycles. The molecule has 0 saturated heterocycles. The van der Waals surface area contributed by atoms with Gasteiger partial charge in [-0.2, -0.15) is 20.5 Å². The summed E-state index contributed by atoms with van der Waals surface area (Å²) in [7, 11) is 5.84. The highest BCUT2D eigenvalue weighted by Gasteiger charge is 2.26. The van der Waals surface area contributed by atoms with Gasteiger partial charge < -0.3 is 29.6 Å². The van der Waals surface area contributed by atoms with Crippen molar-refractivity contribution in [2.24, 2.45) is 20.5 Å². The molecule has 0 radical (unpaired) electrons. The molecule has 2 atom stereocenters. The average Bonchev–Trinajstić information content (AvgIpc) is 3.12. The smallest absolute Gasteiger partial charge is 0.258 e. The van der Waals surface area contributed by atoms with E-state index in [1.165, 1.54) is 48.4 Å². The lowest BCUT2D eigenvalue weighted by Crippen LogP contribution is -2.32. The second-order valence-electron chi connectivity index (χ2n) is 10.9. The van der Waals surface area contributed by atoms with Gasteiger partial charge in [0, 0.05) is 17.7 Å². The molecule has 0 aromatic heterocycles. The summed E-state index contributed by atoms with van der Waals surface area (Å²) in [6.45, 7) is 2.45. The molecule has 0 saturated carbocycles. The quantitative estimate of drug-likeness (QED) is 0.0905. The van der Waals surface area contributed by atoms with E-state index in [-0.39, 0.29) is 27.1 Å². The van der Waals surface area contributed by atoms with E-state index in [1.807, 2.05) is 0 Å². The van der Waals surface area contributed by atoms with Crippen molar-refractivity contribution >= 4 is 69.3 Å². The molecule has 0 aliphatic rings. The molecule has 0 spiro atoms. The fourth-order valence-corrected chi connectivity index (χ4v) is 5.16. The number of rotatable bonds is 15. The van der Waals surface area contributed by atoms with Gasteiger partial charge in [0.1, 0.15) is 28.7 Å². The Morgan fingerprint density at radius 3 is 1.56 bits per heavy atom. The van der Waals surface area contributed by atoms with Gasteiger partial charge in [0.25, 0.3) is 11.8 Å². The zero-order valence-electron chi connectivity index (χ0n) is 28.9. The number of hydrogen-bond donors (Lipinski definition) is 2. The van der Waals surface area contributed by atoms with Crippen LogP contribution in [0.2, 0.25) is 10.0 Å². The first-order chi connectivity index (χ1) is 24.9. The number of nitrogens with zero attached hydrogens (tertiary/aromatic N) is 4. The molecule has 52 heavy (non-hydrogen) atoms. The summed E-state index contributed by atoms with van der Waals surface area (Å²) in [5.41, 5.74) is 2.24. The van der Waals surface area contributed by atoms with Gasteiger partial charge in [0.15, 0.2) is 11.6 Å². The lowest BCUT2D eigenvalue weighted by molar-refractivity contribution is -0.127. The number of methoxy groups -OCH3 is 4. The maximum absolute atomic E-state index is 13.0. The van der Waals surface area contributed by atoms with Crippen LogP contribution >= 0.6 is 23.2 Å². The normalized spacial score (nSPS) is 12.2. The highest BCUT2D eigenvalue weighted by atomic mass is 35.5. The van der Waals surface area contributed by atoms with Gasteiger partial charge in [-0.25, -0.2) is 0 Å². The number of anilines is 2. The fraction of sp³-hybridized carbons (Fsp3) is 0.222. The van der Waals surface area contributed by atoms with Crippen LogP contribution in [0.1, 0.15) is 13.8 Å². The molecule has 16 heteroatoms. The Morgan fingerprint density at radius 1 is 0.596 bits per heavy atom. The van der Waals surface area contributed by atoms with Gasteiger partial charge >= 0.3 is 0 Å². The van der Waals surface area contributed by atoms with E-state index >= 15 is 0 Å². The van der Waals surface area contributed by atoms with Gasteiger partial charge in [0.2, 0.25) is 12.1 Å². The van der Waals surface area contributed by atoms with Crippen LogP contribution in [0.25, 0.3) is 11.1 Å². The van der Waals surface area contributed by atoms with Gasteiger partial charge in [-0.1, -0.05) is 35.3 Å². The molecular formula is C36H34Cl2N6O8. The van der Waals surface area contributed by atoms with Crippen LogP contribution < -0.4 is 29.6 Å². The van der Waals surface area contributed by atoms with Crippen LogP contribution in [0.3, 0.4) is 0 Å². The van der Waals surface area contributed by atoms with Crippen LogP contribution in [0.4, 0.5) is 22.7 Å². The fourth-order valence-electron chi connectivity index (χ4n) is 4.66. The first kappa shape index (κ1) is 38.9. The highest BCUT2D eigenvalue weighted by molar-refractivity contribution is 6.34. The predicted molar refractivity (Wildman–Crippen MR) is 196 cm³/mol. The standard InChI is InChI=1S/C36H34Cl2N6O8/c1-19(45)33(35(47)39-29-17-23(49-3)9-13-31(29)51-5)43-41-22-8-11-25(26(37)16-22)21-7-12-28(27(38)15-21)42-44-34(20(2)46)36(48)40-30-18-24(50-4)10-14-32(30)52-6/h7-18,33-34H,1-6H3,(H,39,47)(H,40,48). The summed E-state index contributed by atoms with van der Waals surface area (Å²) in [5, 5.41) is 21.8. The monoisotopic (exact) mass is 748 g/mol. The Hall–Kier alpha value is -5.86. The van der Waals surface area contributed by atoms with Gasteiger partial charge in [-0.15, -0.1) is 0 Å². The van der Waals surface area contributed by atoms with E-state index in [9.17, 15) is 19.2 Å². The first-order valence-corrected chi connectivity index (χ1v) is 16.1. The maximum Gasteiger partial charge on any atom is 0.258 e. The molecule has 2 N–H and O–H groups in total. The Bertz CT molecular complexity index is 2060. The molecule has 0 fully saturated rings. The maximum atomic E-state index is 13.0. The third-order valence-corrected chi connectivity index (χ3v) is 7.99. The number of Topliss-reactive ketones (excluding diaryl/α,β-unsaturated/α-hetero) is 2. The summed E-state index contributed by atoms with van der Waals surface area (Å²) >= 11 is 13.1. The number of ether oxygens (including phenoxy) is 4. The number of nitrogens with one attached hydrogen (secondary N) is 2. The molecular weight excluding hydrogens is 715 g/mol. The molecule has 2 unspecified atom stereocenters. The molecule has 4 aromatic carbocycles. The van der Waals surface area contributed by atoms with Crippen molar-refractivity contribution in [3.8, 4) is 34.1 Å². The number of carbonyl (C=O) groups is 4. The number of benzene rings is 4. The highest BCUT2D eigenvalue weighted by Crippen LogP contribution is 2.36. The predicted octanol–water partition coefficient (Wildman–Crippen LogP) is 8.05. The average molecular weight is 750 g/mol. The molecule has 2 amide bonds. The van der Waals surface area contributed by atoms with Crippen molar-refractivity contribution in [3.05, 3.63) is 82.8 Å². The molecule has 14 nitrogen and oxygen atoms in total. The second-order valence-corrected chi connectivity index (χ2v) is 11.7. The summed E-state index contributed by atoms with van der Waals surface area (Å²) in [6.07, 6.45) is 0. The number of carbonyl (C=O) groups excluding carboxylic acids is 4. The number of azo groups is 2. The molecule has 0 heterocycles. The molecule has 4 rings (SSSR count). The van der Waals surface area contributed by atoms with Crippen LogP contribution in [-0.2, 0) is 19.2 Å². The summed E-state index contributed by atoms with van der Waals surface area (Å²) in [5.74, 6) is -0.871. The van der Waals surface area contributed by atoms with Crippen molar-refractivity contribution in [2.75, 3.05) is 39.1 Å². The second kappa shape index (κ2) is 17.9. The van der Waals surface area contributed by atoms with E-state index in [4.69, 9.17) is 42.1 Å². The van der Waals surface area contributed by atoms with Crippen LogP contribution in [0, 0.1) is 0 Å². The minimum atomic E-state index is -1.47. The van der Waals surface area contributed by atoms with E-state index in [2.05, 4.69) is 31.1 Å². The van der Waals surface area contributed by atoms with Gasteiger partial charge in [-0.05, 0) is 67.9 Å². The SMILES string of the molecule is COc1ccc(OC)c(NC(=O)C(N=Nc2ccc(-c3ccc(N=NC(C(C)=O)C(=O)Nc4cc(OC)ccc4OC)c(Cl)c3)c(Cl)c2)C(C)=O)c1. The number of hydrogen-bond acceptors (Lipinski definition) is 12. The Kier molecular flexibility index (Phi) is 13.4. The largest absolute Gasteiger partial charge is 0.497 e. The zero-order chi connectivity index (χ0) is 37.9. The van der Waals surface area contributed by atoms with Gasteiger partial charge in [0.05, 0.1) is 55.5 Å². The Labute approximate surface area is 309 Å². The van der Waals surface area contributed by atoms with Crippen molar-refractivity contribution < 1.29 is 38.1 Å². The van der Waals surface area contributed by atoms with Crippen molar-refractivity contribution in [1.29, 1.82) is 0 Å². The third-order valence-electron chi connectivity index (χ3n) is 7.38. The number of amides is 2. The van der Waals surface area contributed by atoms with Crippen LogP contribution in [-0.4, -0.2) is 63.9 Å². The third kappa shape index (κ3) is 9.68. The lowest BCUT2D eigenvalue weighted by Gasteiger charge is -2.14. The van der Waals surface area contributed by atoms with Crippen LogP contribution in [0.5, 0.6) is 23.0 Å². The molecule has 0 bridgehead atoms. The molecule has 270 valence electrons. The lowest BCUT2D eigenvalue weighted by atomic mass is 10.0. The van der Waals surface area contributed by atoms with E-state index in [0.29, 0.717) is 39.8 Å². The van der Waals surface area contributed by atoms with Crippen LogP contribution in [0.15, 0.2) is 93.3 Å². The van der Waals surface area contributed by atoms with Crippen molar-refractivity contribution in [1.82, 2.24) is 0 Å². The minimum Gasteiger partial charge on any atom is -0.497 e. The zero-order valence-corrected chi connectivity index (χ0v) is 30.4. The van der Waals surface area contributed by atoms with Crippen molar-refractivity contribution in [3.63, 3.8) is 0 Å². The van der Waals surface area contributed by atoms with E-state index in [1.54, 1.807) is 66.7 Å². The Morgan fingerprint density at radius 2 is 1.12 bits per heavy atom. The molecule has 0 aliphatic carbocycles. The first-order valence-electron chi connectivity index (χ1n) is 15.4. The Balaban J connectivity index is 1.49. The topological polar surface area (TPSA) is 179 Å². The minimum absolute atomic E-state index is 0.168. The molecule has 4 aromatic rings. The summed E-state index contributed by atoms with van der Waals surface area (Å²) in [4.78, 5) is 50.7. The number of ketones is 2. The summed E-state index contributed by atoms with van der Waals surface area (Å²) in [6, 6.07) is 16.3. The summed E-state index contributed by atoms with van der Waals surface area (Å²) < 4.78 is 21.0. The van der Waals surface area contributed by atoms with E-state index < -0.39 is 35.5 Å². The number of halogens is 2. The van der Waals surface area contributed by atoms with E-state index in [0.717, 1.165) is 0 Å². The van der Waals surface area contributed by atoms with Gasteiger partial charge in [-0.3, -0.25) is 19.2 Å². The van der Waals surface area contributed by atoms with Crippen molar-refractivity contribution in [2.45, 2.75) is 25.9 Å².